The quantitative estimate of drug-likeness (QED) is 0.694. The lowest BCUT2D eigenvalue weighted by atomic mass is 9.83. The third-order valence-electron chi connectivity index (χ3n) is 4.69. The number of hydrogen-bond acceptors (Lipinski definition) is 2. The van der Waals surface area contributed by atoms with Crippen molar-refractivity contribution in [3.63, 3.8) is 0 Å². The largest absolute Gasteiger partial charge is 0.380 e. The van der Waals surface area contributed by atoms with Crippen molar-refractivity contribution in [1.82, 2.24) is 14.0 Å². The van der Waals surface area contributed by atoms with Gasteiger partial charge in [-0.2, -0.15) is 0 Å². The lowest BCUT2D eigenvalue weighted by molar-refractivity contribution is 0.0839. The molecule has 2 rings (SSSR count). The lowest BCUT2D eigenvalue weighted by Crippen LogP contribution is -2.30. The molecule has 6 heteroatoms. The fraction of sp³-hybridized carbons (Fsp3) is 0.333. The second-order valence-corrected chi connectivity index (χ2v) is 10.2. The Morgan fingerprint density at radius 1 is 0.852 bits per heavy atom. The highest BCUT2D eigenvalue weighted by Gasteiger charge is 2.33. The molecule has 0 heterocycles. The maximum Gasteiger partial charge on any atom is 0.309 e. The minimum absolute atomic E-state index is 0.367. The van der Waals surface area contributed by atoms with Crippen LogP contribution in [0.15, 0.2) is 72.9 Å². The third kappa shape index (κ3) is 4.50. The van der Waals surface area contributed by atoms with Gasteiger partial charge in [-0.3, -0.25) is 4.57 Å². The van der Waals surface area contributed by atoms with E-state index in [2.05, 4.69) is 0 Å². The molecular weight excluding hydrogens is 357 g/mol. The highest BCUT2D eigenvalue weighted by Crippen LogP contribution is 2.52. The molecule has 0 atom stereocenters. The molecule has 5 nitrogen and oxygen atoms in total. The van der Waals surface area contributed by atoms with E-state index in [1.165, 1.54) is 0 Å². The third-order valence-corrected chi connectivity index (χ3v) is 7.73. The van der Waals surface area contributed by atoms with E-state index in [1.807, 2.05) is 66.7 Å². The number of hydrogen-bond donors (Lipinski definition) is 1. The molecule has 0 saturated carbocycles. The first-order chi connectivity index (χ1) is 12.7. The van der Waals surface area contributed by atoms with Crippen molar-refractivity contribution in [2.75, 3.05) is 35.2 Å². The fourth-order valence-corrected chi connectivity index (χ4v) is 5.33. The van der Waals surface area contributed by atoms with Crippen LogP contribution in [0.4, 0.5) is 0 Å². The molecule has 0 aliphatic carbocycles. The Morgan fingerprint density at radius 3 is 1.63 bits per heavy atom. The van der Waals surface area contributed by atoms with Crippen LogP contribution in [0.3, 0.4) is 0 Å². The van der Waals surface area contributed by atoms with Gasteiger partial charge in [0.15, 0.2) is 0 Å². The van der Waals surface area contributed by atoms with Gasteiger partial charge in [0.25, 0.3) is 0 Å². The number of nitrogens with zero attached hydrogens (tertiary/aromatic N) is 3. The van der Waals surface area contributed by atoms with Gasteiger partial charge in [0, 0.05) is 19.7 Å². The standard InChI is InChI=1S/C21H30N3O2P/c1-22(2)27(26,23(3)4)24(5)18-12-17-21(25,19-13-8-6-9-14-19)20-15-10-7-11-16-20/h6-16,18,25H,17H2,1-5H3/b18-12+. The van der Waals surface area contributed by atoms with Crippen molar-refractivity contribution in [2.24, 2.45) is 0 Å². The van der Waals surface area contributed by atoms with Crippen LogP contribution in [0.1, 0.15) is 17.5 Å². The van der Waals surface area contributed by atoms with E-state index in [4.69, 9.17) is 0 Å². The van der Waals surface area contributed by atoms with Gasteiger partial charge in [-0.1, -0.05) is 66.7 Å². The summed E-state index contributed by atoms with van der Waals surface area (Å²) in [7, 11) is 6.15. The van der Waals surface area contributed by atoms with E-state index in [9.17, 15) is 9.67 Å². The van der Waals surface area contributed by atoms with E-state index in [1.54, 1.807) is 55.4 Å². The molecule has 0 bridgehead atoms. The summed E-state index contributed by atoms with van der Waals surface area (Å²) in [5.74, 6) is 0. The number of aliphatic hydroxyl groups is 1. The van der Waals surface area contributed by atoms with Crippen molar-refractivity contribution in [3.8, 4) is 0 Å². The van der Waals surface area contributed by atoms with Crippen molar-refractivity contribution in [3.05, 3.63) is 84.1 Å². The minimum atomic E-state index is -2.85. The maximum atomic E-state index is 13.3. The molecule has 27 heavy (non-hydrogen) atoms. The summed E-state index contributed by atoms with van der Waals surface area (Å²) in [5.41, 5.74) is 0.499. The highest BCUT2D eigenvalue weighted by atomic mass is 31.2. The zero-order valence-corrected chi connectivity index (χ0v) is 17.7. The highest BCUT2D eigenvalue weighted by molar-refractivity contribution is 7.56. The summed E-state index contributed by atoms with van der Waals surface area (Å²) in [6.07, 6.45) is 4.03. The van der Waals surface area contributed by atoms with E-state index in [0.29, 0.717) is 6.42 Å². The first-order valence-corrected chi connectivity index (χ1v) is 10.5. The summed E-state index contributed by atoms with van der Waals surface area (Å²) < 4.78 is 18.4. The molecule has 146 valence electrons. The summed E-state index contributed by atoms with van der Waals surface area (Å²) in [5, 5.41) is 11.5. The second kappa shape index (κ2) is 8.85. The normalized spacial score (nSPS) is 12.9. The smallest absolute Gasteiger partial charge is 0.309 e. The fourth-order valence-electron chi connectivity index (χ4n) is 3.21. The SMILES string of the molecule is CN(C)P(=O)(N(C)C)N(C)/C=C/CC(O)(c1ccccc1)c1ccccc1. The Bertz CT molecular complexity index is 740. The van der Waals surface area contributed by atoms with Gasteiger partial charge in [-0.25, -0.2) is 9.34 Å². The van der Waals surface area contributed by atoms with Crippen molar-refractivity contribution in [1.29, 1.82) is 0 Å². The molecule has 0 fully saturated rings. The van der Waals surface area contributed by atoms with Gasteiger partial charge >= 0.3 is 7.59 Å². The second-order valence-electron chi connectivity index (χ2n) is 6.96. The van der Waals surface area contributed by atoms with E-state index < -0.39 is 13.2 Å². The number of rotatable bonds is 8. The molecule has 0 spiro atoms. The first kappa shape index (κ1) is 21.4. The van der Waals surface area contributed by atoms with Gasteiger partial charge in [-0.05, 0) is 39.3 Å². The van der Waals surface area contributed by atoms with Crippen LogP contribution < -0.4 is 0 Å². The minimum Gasteiger partial charge on any atom is -0.380 e. The zero-order chi connectivity index (χ0) is 20.1. The number of benzene rings is 2. The van der Waals surface area contributed by atoms with Crippen LogP contribution in [0, 0.1) is 0 Å². The molecule has 2 aromatic rings. The monoisotopic (exact) mass is 387 g/mol. The molecule has 0 aromatic heterocycles. The van der Waals surface area contributed by atoms with E-state index in [0.717, 1.165) is 11.1 Å². The van der Waals surface area contributed by atoms with Crippen LogP contribution in [-0.2, 0) is 10.2 Å². The van der Waals surface area contributed by atoms with Crippen LogP contribution in [-0.4, -0.2) is 54.4 Å². The van der Waals surface area contributed by atoms with E-state index >= 15 is 0 Å². The molecule has 1 N–H and O–H groups in total. The van der Waals surface area contributed by atoms with Gasteiger partial charge in [0.2, 0.25) is 0 Å². The van der Waals surface area contributed by atoms with Crippen molar-refractivity contribution in [2.45, 2.75) is 12.0 Å². The molecule has 0 saturated heterocycles. The Kier molecular flexibility index (Phi) is 7.01. The van der Waals surface area contributed by atoms with Crippen LogP contribution in [0.25, 0.3) is 0 Å². The average Bonchev–Trinajstić information content (AvgIpc) is 2.68. The topological polar surface area (TPSA) is 47.0 Å². The predicted molar refractivity (Wildman–Crippen MR) is 112 cm³/mol. The maximum absolute atomic E-state index is 13.3. The molecule has 0 aliphatic rings. The summed E-state index contributed by atoms with van der Waals surface area (Å²) >= 11 is 0. The van der Waals surface area contributed by atoms with Crippen molar-refractivity contribution >= 4 is 7.59 Å². The molecule has 0 unspecified atom stereocenters. The lowest BCUT2D eigenvalue weighted by Gasteiger charge is -2.36. The molecule has 0 aliphatic heterocycles. The molecule has 0 amide bonds. The molecule has 2 aromatic carbocycles. The summed E-state index contributed by atoms with van der Waals surface area (Å²) in [6, 6.07) is 19.3. The first-order valence-electron chi connectivity index (χ1n) is 8.92. The van der Waals surface area contributed by atoms with Gasteiger partial charge in [0.1, 0.15) is 5.60 Å². The van der Waals surface area contributed by atoms with Crippen LogP contribution in [0.2, 0.25) is 0 Å². The van der Waals surface area contributed by atoms with Gasteiger partial charge in [0.05, 0.1) is 0 Å². The van der Waals surface area contributed by atoms with Gasteiger partial charge in [-0.15, -0.1) is 0 Å². The average molecular weight is 387 g/mol. The Hall–Kier alpha value is -1.91. The molecule has 0 radical (unpaired) electrons. The van der Waals surface area contributed by atoms with Crippen LogP contribution >= 0.6 is 7.59 Å². The summed E-state index contributed by atoms with van der Waals surface area (Å²) in [4.78, 5) is 0. The Labute approximate surface area is 163 Å². The Morgan fingerprint density at radius 2 is 1.26 bits per heavy atom. The Balaban J connectivity index is 2.33. The van der Waals surface area contributed by atoms with Crippen molar-refractivity contribution < 1.29 is 9.67 Å². The summed E-state index contributed by atoms with van der Waals surface area (Å²) in [6.45, 7) is 0. The van der Waals surface area contributed by atoms with E-state index in [-0.39, 0.29) is 0 Å². The predicted octanol–water partition coefficient (Wildman–Crippen LogP) is 3.99. The zero-order valence-electron chi connectivity index (χ0n) is 16.8. The van der Waals surface area contributed by atoms with Crippen LogP contribution in [0.5, 0.6) is 0 Å². The van der Waals surface area contributed by atoms with Gasteiger partial charge < -0.3 is 9.78 Å². The molecular formula is C21H30N3O2P.